The summed E-state index contributed by atoms with van der Waals surface area (Å²) in [5.41, 5.74) is 0.841. The minimum absolute atomic E-state index is 0.0970. The van der Waals surface area contributed by atoms with Crippen molar-refractivity contribution < 1.29 is 23.8 Å². The molecule has 1 unspecified atom stereocenters. The molecule has 1 aliphatic rings. The summed E-state index contributed by atoms with van der Waals surface area (Å²) in [7, 11) is 2.63. The zero-order valence-corrected chi connectivity index (χ0v) is 13.8. The van der Waals surface area contributed by atoms with Gasteiger partial charge in [0.2, 0.25) is 5.60 Å². The molecule has 114 valence electrons. The Bertz CT molecular complexity index is 584. The number of hydrogen-bond donors (Lipinski definition) is 0. The molecular formula is C15H17BrO5. The van der Waals surface area contributed by atoms with Crippen LogP contribution in [0.4, 0.5) is 0 Å². The van der Waals surface area contributed by atoms with Crippen molar-refractivity contribution in [1.82, 2.24) is 0 Å². The average molecular weight is 357 g/mol. The van der Waals surface area contributed by atoms with Crippen LogP contribution in [0.25, 0.3) is 0 Å². The van der Waals surface area contributed by atoms with Crippen molar-refractivity contribution >= 4 is 27.9 Å². The van der Waals surface area contributed by atoms with Gasteiger partial charge in [-0.25, -0.2) is 4.79 Å². The second kappa shape index (κ2) is 6.05. The van der Waals surface area contributed by atoms with Crippen molar-refractivity contribution in [1.29, 1.82) is 0 Å². The van der Waals surface area contributed by atoms with Gasteiger partial charge in [-0.3, -0.25) is 4.79 Å². The van der Waals surface area contributed by atoms with Crippen LogP contribution in [0.15, 0.2) is 16.6 Å². The Labute approximate surface area is 131 Å². The highest BCUT2D eigenvalue weighted by molar-refractivity contribution is 9.10. The molecule has 0 aliphatic carbocycles. The van der Waals surface area contributed by atoms with E-state index in [2.05, 4.69) is 20.7 Å². The van der Waals surface area contributed by atoms with Crippen LogP contribution in [-0.4, -0.2) is 31.8 Å². The van der Waals surface area contributed by atoms with E-state index >= 15 is 0 Å². The highest BCUT2D eigenvalue weighted by Gasteiger charge is 2.48. The van der Waals surface area contributed by atoms with Gasteiger partial charge in [-0.05, 0) is 24.6 Å². The molecule has 0 bridgehead atoms. The van der Waals surface area contributed by atoms with Crippen LogP contribution in [0.3, 0.4) is 0 Å². The third-order valence-electron chi connectivity index (χ3n) is 3.68. The number of carbonyl (C=O) groups is 2. The Morgan fingerprint density at radius 1 is 1.33 bits per heavy atom. The van der Waals surface area contributed by atoms with Gasteiger partial charge in [-0.1, -0.05) is 15.9 Å². The maximum absolute atomic E-state index is 12.2. The van der Waals surface area contributed by atoms with E-state index in [9.17, 15) is 9.59 Å². The number of esters is 2. The summed E-state index contributed by atoms with van der Waals surface area (Å²) in [5.74, 6) is -0.203. The van der Waals surface area contributed by atoms with E-state index < -0.39 is 11.6 Å². The van der Waals surface area contributed by atoms with E-state index in [0.717, 1.165) is 15.6 Å². The van der Waals surface area contributed by atoms with Crippen molar-refractivity contribution in [2.75, 3.05) is 14.2 Å². The minimum atomic E-state index is -1.16. The van der Waals surface area contributed by atoms with Gasteiger partial charge in [0.1, 0.15) is 5.75 Å². The normalized spacial score (nSPS) is 19.6. The van der Waals surface area contributed by atoms with E-state index in [-0.39, 0.29) is 18.8 Å². The molecule has 0 N–H and O–H groups in total. The molecule has 1 aromatic carbocycles. The number of halogens is 1. The minimum Gasteiger partial charge on any atom is -0.475 e. The number of rotatable bonds is 4. The predicted molar refractivity (Wildman–Crippen MR) is 79.2 cm³/mol. The van der Waals surface area contributed by atoms with Crippen LogP contribution in [0.1, 0.15) is 24.0 Å². The largest absolute Gasteiger partial charge is 0.475 e. The van der Waals surface area contributed by atoms with Crippen molar-refractivity contribution in [3.05, 3.63) is 27.7 Å². The maximum atomic E-state index is 12.2. The van der Waals surface area contributed by atoms with Crippen LogP contribution >= 0.6 is 15.9 Å². The van der Waals surface area contributed by atoms with E-state index in [4.69, 9.17) is 9.47 Å². The van der Waals surface area contributed by atoms with Crippen LogP contribution in [0.5, 0.6) is 5.75 Å². The van der Waals surface area contributed by atoms with Gasteiger partial charge in [0.15, 0.2) is 0 Å². The van der Waals surface area contributed by atoms with E-state index in [0.29, 0.717) is 12.2 Å². The van der Waals surface area contributed by atoms with Crippen molar-refractivity contribution in [2.24, 2.45) is 0 Å². The summed E-state index contributed by atoms with van der Waals surface area (Å²) in [6.45, 7) is 1.96. The molecule has 21 heavy (non-hydrogen) atoms. The molecule has 0 saturated heterocycles. The summed E-state index contributed by atoms with van der Waals surface area (Å²) in [4.78, 5) is 23.6. The summed E-state index contributed by atoms with van der Waals surface area (Å²) >= 11 is 3.41. The van der Waals surface area contributed by atoms with E-state index in [1.165, 1.54) is 14.2 Å². The molecule has 0 aromatic heterocycles. The van der Waals surface area contributed by atoms with Crippen LogP contribution < -0.4 is 4.74 Å². The molecule has 0 fully saturated rings. The van der Waals surface area contributed by atoms with Gasteiger partial charge < -0.3 is 14.2 Å². The van der Waals surface area contributed by atoms with Crippen LogP contribution in [0, 0.1) is 6.92 Å². The lowest BCUT2D eigenvalue weighted by Gasteiger charge is -2.25. The SMILES string of the molecule is COC(=O)CCC1(C(=O)OC)Cc2c(C)cc(Br)cc2O1. The summed E-state index contributed by atoms with van der Waals surface area (Å²) in [6, 6.07) is 3.79. The fraction of sp³-hybridized carbons (Fsp3) is 0.467. The van der Waals surface area contributed by atoms with E-state index in [1.54, 1.807) is 0 Å². The van der Waals surface area contributed by atoms with Crippen molar-refractivity contribution in [3.8, 4) is 5.75 Å². The van der Waals surface area contributed by atoms with Gasteiger partial charge in [-0.15, -0.1) is 0 Å². The van der Waals surface area contributed by atoms with Gasteiger partial charge >= 0.3 is 11.9 Å². The van der Waals surface area contributed by atoms with Crippen LogP contribution in [0.2, 0.25) is 0 Å². The summed E-state index contributed by atoms with van der Waals surface area (Å²) < 4.78 is 16.3. The molecule has 0 spiro atoms. The standard InChI is InChI=1S/C15H17BrO5/c1-9-6-10(16)7-12-11(9)8-15(21-12,14(18)20-3)5-4-13(17)19-2/h6-7H,4-5,8H2,1-3H3. The first kappa shape index (κ1) is 15.8. The molecule has 0 amide bonds. The first-order chi connectivity index (χ1) is 9.91. The number of methoxy groups -OCH3 is 2. The molecule has 0 saturated carbocycles. The Hall–Kier alpha value is -1.56. The number of ether oxygens (including phenoxy) is 3. The van der Waals surface area contributed by atoms with Gasteiger partial charge in [0, 0.05) is 29.3 Å². The first-order valence-corrected chi connectivity index (χ1v) is 7.34. The number of hydrogen-bond acceptors (Lipinski definition) is 5. The Balaban J connectivity index is 2.31. The smallest absolute Gasteiger partial charge is 0.350 e. The molecular weight excluding hydrogens is 340 g/mol. The third kappa shape index (κ3) is 3.05. The topological polar surface area (TPSA) is 61.8 Å². The molecule has 6 heteroatoms. The summed E-state index contributed by atoms with van der Waals surface area (Å²) in [5, 5.41) is 0. The lowest BCUT2D eigenvalue weighted by Crippen LogP contribution is -2.44. The molecule has 1 aliphatic heterocycles. The van der Waals surface area contributed by atoms with Gasteiger partial charge in [0.05, 0.1) is 14.2 Å². The first-order valence-electron chi connectivity index (χ1n) is 6.55. The van der Waals surface area contributed by atoms with Gasteiger partial charge in [-0.2, -0.15) is 0 Å². The Morgan fingerprint density at radius 2 is 2.05 bits per heavy atom. The molecule has 1 aromatic rings. The molecule has 1 atom stereocenters. The number of aryl methyl sites for hydroxylation is 1. The predicted octanol–water partition coefficient (Wildman–Crippen LogP) is 2.56. The average Bonchev–Trinajstić information content (AvgIpc) is 2.84. The Kier molecular flexibility index (Phi) is 4.56. The lowest BCUT2D eigenvalue weighted by atomic mass is 9.90. The van der Waals surface area contributed by atoms with E-state index in [1.807, 2.05) is 19.1 Å². The second-order valence-electron chi connectivity index (χ2n) is 5.04. The van der Waals surface area contributed by atoms with Crippen LogP contribution in [-0.2, 0) is 25.5 Å². The molecule has 0 radical (unpaired) electrons. The third-order valence-corrected chi connectivity index (χ3v) is 4.14. The highest BCUT2D eigenvalue weighted by atomic mass is 79.9. The fourth-order valence-electron chi connectivity index (χ4n) is 2.54. The van der Waals surface area contributed by atoms with Crippen molar-refractivity contribution in [3.63, 3.8) is 0 Å². The molecule has 1 heterocycles. The highest BCUT2D eigenvalue weighted by Crippen LogP contribution is 2.41. The second-order valence-corrected chi connectivity index (χ2v) is 5.96. The molecule has 5 nitrogen and oxygen atoms in total. The zero-order valence-electron chi connectivity index (χ0n) is 12.2. The lowest BCUT2D eigenvalue weighted by molar-refractivity contribution is -0.159. The maximum Gasteiger partial charge on any atom is 0.350 e. The zero-order chi connectivity index (χ0) is 15.6. The number of carbonyl (C=O) groups excluding carboxylic acids is 2. The monoisotopic (exact) mass is 356 g/mol. The molecule has 2 rings (SSSR count). The number of fused-ring (bicyclic) bond motifs is 1. The quantitative estimate of drug-likeness (QED) is 0.775. The summed E-state index contributed by atoms with van der Waals surface area (Å²) in [6.07, 6.45) is 0.711. The fourth-order valence-corrected chi connectivity index (χ4v) is 3.09. The van der Waals surface area contributed by atoms with Gasteiger partial charge in [0.25, 0.3) is 0 Å². The number of benzene rings is 1. The Morgan fingerprint density at radius 3 is 2.67 bits per heavy atom. The van der Waals surface area contributed by atoms with Crippen molar-refractivity contribution in [2.45, 2.75) is 31.8 Å².